The fraction of sp³-hybridized carbons (Fsp3) is 0.385. The highest BCUT2D eigenvalue weighted by Gasteiger charge is 2.18. The molecule has 9 nitrogen and oxygen atoms in total. The van der Waals surface area contributed by atoms with Gasteiger partial charge in [-0.1, -0.05) is 24.3 Å². The number of methoxy groups -OCH3 is 1. The first-order chi connectivity index (χ1) is 17.1. The number of nitrogen functional groups attached to an aromatic ring is 2. The minimum absolute atomic E-state index is 0.115. The predicted octanol–water partition coefficient (Wildman–Crippen LogP) is 3.11. The van der Waals surface area contributed by atoms with E-state index in [0.29, 0.717) is 24.6 Å². The summed E-state index contributed by atoms with van der Waals surface area (Å²) in [5.74, 6) is 1.91. The van der Waals surface area contributed by atoms with E-state index < -0.39 is 0 Å². The van der Waals surface area contributed by atoms with E-state index in [0.717, 1.165) is 60.9 Å². The molecule has 186 valence electrons. The Hall–Kier alpha value is -3.40. The summed E-state index contributed by atoms with van der Waals surface area (Å²) in [6, 6.07) is 12.5. The summed E-state index contributed by atoms with van der Waals surface area (Å²) in [6.45, 7) is 6.98. The summed E-state index contributed by atoms with van der Waals surface area (Å²) in [7, 11) is 1.60. The van der Waals surface area contributed by atoms with E-state index in [1.54, 1.807) is 13.3 Å². The summed E-state index contributed by atoms with van der Waals surface area (Å²) in [5.41, 5.74) is 16.6. The maximum absolute atomic E-state index is 6.07. The van der Waals surface area contributed by atoms with Crippen LogP contribution in [-0.2, 0) is 22.4 Å². The minimum atomic E-state index is 0.115. The van der Waals surface area contributed by atoms with Crippen molar-refractivity contribution in [3.8, 4) is 22.6 Å². The number of morpholine rings is 1. The summed E-state index contributed by atoms with van der Waals surface area (Å²) >= 11 is 0. The van der Waals surface area contributed by atoms with Gasteiger partial charge in [0.1, 0.15) is 17.3 Å². The monoisotopic (exact) mass is 479 g/mol. The summed E-state index contributed by atoms with van der Waals surface area (Å²) in [5, 5.41) is 0. The highest BCUT2D eigenvalue weighted by molar-refractivity contribution is 5.78. The van der Waals surface area contributed by atoms with Crippen LogP contribution in [0.1, 0.15) is 23.6 Å². The number of nitrogens with two attached hydrogens (primary N) is 2. The second-order valence-electron chi connectivity index (χ2n) is 8.35. The van der Waals surface area contributed by atoms with Gasteiger partial charge in [-0.2, -0.15) is 4.98 Å². The van der Waals surface area contributed by atoms with Gasteiger partial charge in [-0.15, -0.1) is 0 Å². The van der Waals surface area contributed by atoms with Crippen LogP contribution in [0, 0.1) is 0 Å². The smallest absolute Gasteiger partial charge is 0.221 e. The molecule has 1 aromatic heterocycles. The van der Waals surface area contributed by atoms with Gasteiger partial charge < -0.3 is 30.4 Å². The third-order valence-electron chi connectivity index (χ3n) is 5.82. The van der Waals surface area contributed by atoms with Crippen molar-refractivity contribution >= 4 is 11.8 Å². The molecule has 2 heterocycles. The van der Waals surface area contributed by atoms with E-state index >= 15 is 0 Å². The van der Waals surface area contributed by atoms with Gasteiger partial charge in [0, 0.05) is 44.9 Å². The SMILES string of the molecule is CCOc1cc(Cc2cnc(N)nc2N)cc(OCOC)c1-c1ccc(CN2CCOCC2)cc1. The first-order valence-corrected chi connectivity index (χ1v) is 11.7. The van der Waals surface area contributed by atoms with Gasteiger partial charge in [0.05, 0.1) is 25.4 Å². The summed E-state index contributed by atoms with van der Waals surface area (Å²) in [6.07, 6.45) is 2.16. The molecule has 0 amide bonds. The molecule has 2 aromatic carbocycles. The van der Waals surface area contributed by atoms with Crippen LogP contribution in [0.4, 0.5) is 11.8 Å². The van der Waals surface area contributed by atoms with Gasteiger partial charge in [-0.25, -0.2) is 4.98 Å². The van der Waals surface area contributed by atoms with Crippen LogP contribution in [0.3, 0.4) is 0 Å². The Bertz CT molecular complexity index is 1120. The number of rotatable bonds is 10. The second-order valence-corrected chi connectivity index (χ2v) is 8.35. The zero-order chi connectivity index (χ0) is 24.6. The summed E-state index contributed by atoms with van der Waals surface area (Å²) in [4.78, 5) is 10.5. The molecule has 0 unspecified atom stereocenters. The molecular formula is C26H33N5O4. The number of hydrogen-bond acceptors (Lipinski definition) is 9. The lowest BCUT2D eigenvalue weighted by atomic mass is 9.97. The number of aromatic nitrogens is 2. The van der Waals surface area contributed by atoms with Crippen molar-refractivity contribution in [1.82, 2.24) is 14.9 Å². The van der Waals surface area contributed by atoms with E-state index in [-0.39, 0.29) is 12.7 Å². The lowest BCUT2D eigenvalue weighted by molar-refractivity contribution is 0.0342. The van der Waals surface area contributed by atoms with Crippen molar-refractivity contribution in [2.24, 2.45) is 0 Å². The maximum atomic E-state index is 6.07. The van der Waals surface area contributed by atoms with Gasteiger partial charge in [0.25, 0.3) is 0 Å². The molecule has 0 radical (unpaired) electrons. The van der Waals surface area contributed by atoms with Gasteiger partial charge in [-0.3, -0.25) is 4.90 Å². The van der Waals surface area contributed by atoms with Crippen LogP contribution in [0.5, 0.6) is 11.5 Å². The van der Waals surface area contributed by atoms with Crippen molar-refractivity contribution in [1.29, 1.82) is 0 Å². The molecule has 3 aromatic rings. The van der Waals surface area contributed by atoms with E-state index in [4.69, 9.17) is 30.4 Å². The molecule has 0 aliphatic carbocycles. The van der Waals surface area contributed by atoms with Gasteiger partial charge in [0.2, 0.25) is 5.95 Å². The summed E-state index contributed by atoms with van der Waals surface area (Å²) < 4.78 is 22.7. The molecule has 0 spiro atoms. The maximum Gasteiger partial charge on any atom is 0.221 e. The Morgan fingerprint density at radius 2 is 1.71 bits per heavy atom. The average Bonchev–Trinajstić information content (AvgIpc) is 2.86. The molecule has 0 atom stereocenters. The van der Waals surface area contributed by atoms with Crippen molar-refractivity contribution in [2.45, 2.75) is 19.9 Å². The number of nitrogens with zero attached hydrogens (tertiary/aromatic N) is 3. The van der Waals surface area contributed by atoms with Gasteiger partial charge in [-0.05, 0) is 35.7 Å². The second kappa shape index (κ2) is 11.8. The van der Waals surface area contributed by atoms with Crippen molar-refractivity contribution in [3.05, 3.63) is 59.3 Å². The van der Waals surface area contributed by atoms with Crippen LogP contribution in [0.2, 0.25) is 0 Å². The lowest BCUT2D eigenvalue weighted by Crippen LogP contribution is -2.35. The number of hydrogen-bond donors (Lipinski definition) is 2. The van der Waals surface area contributed by atoms with E-state index in [2.05, 4.69) is 39.1 Å². The highest BCUT2D eigenvalue weighted by Crippen LogP contribution is 2.41. The largest absolute Gasteiger partial charge is 0.493 e. The Balaban J connectivity index is 1.66. The van der Waals surface area contributed by atoms with Crippen LogP contribution in [-0.4, -0.2) is 61.7 Å². The first-order valence-electron chi connectivity index (χ1n) is 11.7. The van der Waals surface area contributed by atoms with Crippen molar-refractivity contribution < 1.29 is 18.9 Å². The first kappa shape index (κ1) is 24.7. The Kier molecular flexibility index (Phi) is 8.36. The van der Waals surface area contributed by atoms with Gasteiger partial charge in [0.15, 0.2) is 6.79 Å². The predicted molar refractivity (Wildman–Crippen MR) is 135 cm³/mol. The van der Waals surface area contributed by atoms with Crippen LogP contribution >= 0.6 is 0 Å². The topological polar surface area (TPSA) is 118 Å². The molecule has 1 saturated heterocycles. The molecule has 1 aliphatic heterocycles. The molecule has 0 saturated carbocycles. The van der Waals surface area contributed by atoms with E-state index in [1.807, 2.05) is 19.1 Å². The zero-order valence-electron chi connectivity index (χ0n) is 20.3. The average molecular weight is 480 g/mol. The fourth-order valence-electron chi connectivity index (χ4n) is 4.12. The third-order valence-corrected chi connectivity index (χ3v) is 5.82. The molecule has 9 heteroatoms. The molecule has 35 heavy (non-hydrogen) atoms. The van der Waals surface area contributed by atoms with E-state index in [9.17, 15) is 0 Å². The fourth-order valence-corrected chi connectivity index (χ4v) is 4.12. The molecule has 1 aliphatic rings. The van der Waals surface area contributed by atoms with Crippen LogP contribution in [0.15, 0.2) is 42.6 Å². The van der Waals surface area contributed by atoms with Crippen molar-refractivity contribution in [2.75, 3.05) is 58.3 Å². The quantitative estimate of drug-likeness (QED) is 0.423. The molecule has 0 bridgehead atoms. The lowest BCUT2D eigenvalue weighted by Gasteiger charge is -2.26. The van der Waals surface area contributed by atoms with E-state index in [1.165, 1.54) is 5.56 Å². The molecular weight excluding hydrogens is 446 g/mol. The standard InChI is InChI=1S/C26H33N5O4/c1-3-34-22-13-19(12-21-15-29-26(28)30-25(21)27)14-23(35-17-32-2)24(22)20-6-4-18(5-7-20)16-31-8-10-33-11-9-31/h4-7,13-15H,3,8-12,16-17H2,1-2H3,(H4,27,28,29,30). The molecule has 1 fully saturated rings. The molecule has 4 N–H and O–H groups in total. The zero-order valence-corrected chi connectivity index (χ0v) is 20.3. The van der Waals surface area contributed by atoms with Crippen molar-refractivity contribution in [3.63, 3.8) is 0 Å². The number of benzene rings is 2. The molecule has 4 rings (SSSR count). The number of ether oxygens (including phenoxy) is 4. The van der Waals surface area contributed by atoms with Crippen LogP contribution < -0.4 is 20.9 Å². The van der Waals surface area contributed by atoms with Crippen LogP contribution in [0.25, 0.3) is 11.1 Å². The minimum Gasteiger partial charge on any atom is -0.493 e. The highest BCUT2D eigenvalue weighted by atomic mass is 16.7. The van der Waals surface area contributed by atoms with Gasteiger partial charge >= 0.3 is 0 Å². The Morgan fingerprint density at radius 3 is 2.37 bits per heavy atom. The normalized spacial score (nSPS) is 14.1. The Labute approximate surface area is 206 Å². The number of anilines is 2. The third kappa shape index (κ3) is 6.39. The Morgan fingerprint density at radius 1 is 1.00 bits per heavy atom.